The van der Waals surface area contributed by atoms with E-state index in [-0.39, 0.29) is 5.97 Å². The van der Waals surface area contributed by atoms with E-state index >= 15 is 0 Å². The smallest absolute Gasteiger partial charge is 0.343 e. The van der Waals surface area contributed by atoms with Gasteiger partial charge in [0.25, 0.3) is 0 Å². The third kappa shape index (κ3) is 4.84. The molecule has 0 aliphatic rings. The van der Waals surface area contributed by atoms with Gasteiger partial charge in [0, 0.05) is 11.1 Å². The van der Waals surface area contributed by atoms with Crippen LogP contribution < -0.4 is 4.74 Å². The second kappa shape index (κ2) is 9.26. The van der Waals surface area contributed by atoms with Gasteiger partial charge in [-0.05, 0) is 70.4 Å². The number of rotatable bonds is 3. The third-order valence-corrected chi connectivity index (χ3v) is 5.40. The molecule has 0 radical (unpaired) electrons. The van der Waals surface area contributed by atoms with Crippen LogP contribution in [0.4, 0.5) is 0 Å². The molecule has 0 aliphatic carbocycles. The van der Waals surface area contributed by atoms with Crippen molar-refractivity contribution in [3.05, 3.63) is 138 Å². The predicted octanol–water partition coefficient (Wildman–Crippen LogP) is 7.13. The van der Waals surface area contributed by atoms with Gasteiger partial charge in [-0.3, -0.25) is 0 Å². The van der Waals surface area contributed by atoms with E-state index in [1.165, 1.54) is 5.56 Å². The van der Waals surface area contributed by atoms with Crippen molar-refractivity contribution in [3.63, 3.8) is 0 Å². The molecule has 156 valence electrons. The Bertz CT molecular complexity index is 1470. The minimum absolute atomic E-state index is 0.388. The fourth-order valence-corrected chi connectivity index (χ4v) is 3.61. The maximum Gasteiger partial charge on any atom is 0.343 e. The van der Waals surface area contributed by atoms with Gasteiger partial charge in [-0.25, -0.2) is 4.79 Å². The summed E-state index contributed by atoms with van der Waals surface area (Å²) in [4.78, 5) is 12.5. The molecule has 0 fully saturated rings. The van der Waals surface area contributed by atoms with Crippen LogP contribution in [0.2, 0.25) is 0 Å². The molecule has 0 atom stereocenters. The van der Waals surface area contributed by atoms with Crippen molar-refractivity contribution in [2.75, 3.05) is 0 Å². The average molecular weight is 424 g/mol. The Morgan fingerprint density at radius 1 is 0.545 bits per heavy atom. The van der Waals surface area contributed by atoms with Crippen LogP contribution in [0.15, 0.2) is 121 Å². The van der Waals surface area contributed by atoms with E-state index in [4.69, 9.17) is 4.74 Å². The topological polar surface area (TPSA) is 26.3 Å². The van der Waals surface area contributed by atoms with Gasteiger partial charge in [0.2, 0.25) is 0 Å². The number of hydrogen-bond acceptors (Lipinski definition) is 2. The van der Waals surface area contributed by atoms with Gasteiger partial charge in [-0.15, -0.1) is 0 Å². The Kier molecular flexibility index (Phi) is 5.70. The molecule has 0 saturated heterocycles. The maximum absolute atomic E-state index is 12.5. The van der Waals surface area contributed by atoms with E-state index in [1.54, 1.807) is 12.1 Å². The standard InChI is InChI=1S/C31H20O2/c32-31(33-30-21-20-26-8-4-5-9-29(26)22-30)28-18-14-24(15-19-28)11-10-23-12-16-27(17-13-23)25-6-2-1-3-7-25/h1-9,12-22H. The molecule has 0 aromatic heterocycles. The quantitative estimate of drug-likeness (QED) is 0.175. The highest BCUT2D eigenvalue weighted by Crippen LogP contribution is 2.22. The Morgan fingerprint density at radius 2 is 1.12 bits per heavy atom. The van der Waals surface area contributed by atoms with Crippen molar-refractivity contribution in [1.82, 2.24) is 0 Å². The third-order valence-electron chi connectivity index (χ3n) is 5.40. The largest absolute Gasteiger partial charge is 0.423 e. The highest BCUT2D eigenvalue weighted by atomic mass is 16.5. The Morgan fingerprint density at radius 3 is 1.82 bits per heavy atom. The van der Waals surface area contributed by atoms with E-state index in [9.17, 15) is 4.79 Å². The van der Waals surface area contributed by atoms with Gasteiger partial charge in [0.05, 0.1) is 5.56 Å². The van der Waals surface area contributed by atoms with Crippen molar-refractivity contribution in [3.8, 4) is 28.7 Å². The number of benzene rings is 5. The molecule has 0 saturated carbocycles. The highest BCUT2D eigenvalue weighted by molar-refractivity contribution is 5.92. The first kappa shape index (κ1) is 20.3. The van der Waals surface area contributed by atoms with Crippen molar-refractivity contribution in [1.29, 1.82) is 0 Å². The van der Waals surface area contributed by atoms with Crippen molar-refractivity contribution < 1.29 is 9.53 Å². The van der Waals surface area contributed by atoms with Crippen LogP contribution in [0.5, 0.6) is 5.75 Å². The van der Waals surface area contributed by atoms with Gasteiger partial charge in [0.1, 0.15) is 5.75 Å². The summed E-state index contributed by atoms with van der Waals surface area (Å²) >= 11 is 0. The second-order valence-electron chi connectivity index (χ2n) is 7.67. The zero-order chi connectivity index (χ0) is 22.5. The van der Waals surface area contributed by atoms with Crippen molar-refractivity contribution >= 4 is 16.7 Å². The first-order chi connectivity index (χ1) is 16.2. The zero-order valence-corrected chi connectivity index (χ0v) is 17.9. The molecule has 2 heteroatoms. The second-order valence-corrected chi connectivity index (χ2v) is 7.67. The molecule has 2 nitrogen and oxygen atoms in total. The number of hydrogen-bond donors (Lipinski definition) is 0. The SMILES string of the molecule is O=C(Oc1ccc2ccccc2c1)c1ccc(C#Cc2ccc(-c3ccccc3)cc2)cc1. The lowest BCUT2D eigenvalue weighted by molar-refractivity contribution is 0.0735. The number of carbonyl (C=O) groups excluding carboxylic acids is 1. The van der Waals surface area contributed by atoms with Crippen LogP contribution in [0.25, 0.3) is 21.9 Å². The van der Waals surface area contributed by atoms with Gasteiger partial charge in [-0.1, -0.05) is 84.6 Å². The predicted molar refractivity (Wildman–Crippen MR) is 133 cm³/mol. The monoisotopic (exact) mass is 424 g/mol. The van der Waals surface area contributed by atoms with E-state index in [2.05, 4.69) is 36.1 Å². The van der Waals surface area contributed by atoms with Gasteiger partial charge < -0.3 is 4.74 Å². The molecule has 0 aliphatic heterocycles. The lowest BCUT2D eigenvalue weighted by Crippen LogP contribution is -2.08. The molecule has 33 heavy (non-hydrogen) atoms. The summed E-state index contributed by atoms with van der Waals surface area (Å²) in [6.45, 7) is 0. The van der Waals surface area contributed by atoms with Crippen LogP contribution in [-0.2, 0) is 0 Å². The molecule has 0 unspecified atom stereocenters. The Hall–Kier alpha value is -4.61. The Labute approximate surface area is 193 Å². The fraction of sp³-hybridized carbons (Fsp3) is 0. The molecule has 0 amide bonds. The van der Waals surface area contributed by atoms with Gasteiger partial charge in [0.15, 0.2) is 0 Å². The number of fused-ring (bicyclic) bond motifs is 1. The van der Waals surface area contributed by atoms with Crippen LogP contribution in [0.1, 0.15) is 21.5 Å². The van der Waals surface area contributed by atoms with E-state index in [1.807, 2.05) is 84.9 Å². The number of carbonyl (C=O) groups is 1. The number of ether oxygens (including phenoxy) is 1. The first-order valence-electron chi connectivity index (χ1n) is 10.7. The average Bonchev–Trinajstić information content (AvgIpc) is 2.88. The summed E-state index contributed by atoms with van der Waals surface area (Å²) in [5.74, 6) is 6.47. The Balaban J connectivity index is 1.26. The molecule has 0 heterocycles. The van der Waals surface area contributed by atoms with Crippen LogP contribution >= 0.6 is 0 Å². The summed E-state index contributed by atoms with van der Waals surface area (Å²) in [5, 5.41) is 2.14. The van der Waals surface area contributed by atoms with Crippen molar-refractivity contribution in [2.24, 2.45) is 0 Å². The molecule has 0 bridgehead atoms. The maximum atomic E-state index is 12.5. The lowest BCUT2D eigenvalue weighted by atomic mass is 10.0. The van der Waals surface area contributed by atoms with E-state index in [0.717, 1.165) is 27.5 Å². The zero-order valence-electron chi connectivity index (χ0n) is 17.9. The van der Waals surface area contributed by atoms with Crippen LogP contribution in [0.3, 0.4) is 0 Å². The van der Waals surface area contributed by atoms with E-state index < -0.39 is 0 Å². The molecule has 0 N–H and O–H groups in total. The normalized spacial score (nSPS) is 10.3. The highest BCUT2D eigenvalue weighted by Gasteiger charge is 2.09. The molecular formula is C31H20O2. The summed E-state index contributed by atoms with van der Waals surface area (Å²) < 4.78 is 5.55. The van der Waals surface area contributed by atoms with Gasteiger partial charge in [-0.2, -0.15) is 0 Å². The van der Waals surface area contributed by atoms with E-state index in [0.29, 0.717) is 11.3 Å². The van der Waals surface area contributed by atoms with Crippen molar-refractivity contribution in [2.45, 2.75) is 0 Å². The molecule has 5 aromatic carbocycles. The lowest BCUT2D eigenvalue weighted by Gasteiger charge is -2.06. The number of esters is 1. The summed E-state index contributed by atoms with van der Waals surface area (Å²) in [7, 11) is 0. The molecule has 0 spiro atoms. The minimum atomic E-state index is -0.388. The molecular weight excluding hydrogens is 404 g/mol. The minimum Gasteiger partial charge on any atom is -0.423 e. The summed E-state index contributed by atoms with van der Waals surface area (Å²) in [6.07, 6.45) is 0. The molecule has 5 aromatic rings. The van der Waals surface area contributed by atoms with Crippen LogP contribution in [-0.4, -0.2) is 5.97 Å². The first-order valence-corrected chi connectivity index (χ1v) is 10.7. The summed E-state index contributed by atoms with van der Waals surface area (Å²) in [5.41, 5.74) is 4.61. The molecule has 5 rings (SSSR count). The fourth-order valence-electron chi connectivity index (χ4n) is 3.61. The van der Waals surface area contributed by atoms with Gasteiger partial charge >= 0.3 is 5.97 Å². The summed E-state index contributed by atoms with van der Waals surface area (Å²) in [6, 6.07) is 39.2. The van der Waals surface area contributed by atoms with Crippen LogP contribution in [0, 0.1) is 11.8 Å².